The SMILES string of the molecule is CC(C)(C)c1nc(Cl)cc(Nc2c(F)cccc2Cl)n1. The average Bonchev–Trinajstić information content (AvgIpc) is 2.32. The van der Waals surface area contributed by atoms with Crippen LogP contribution in [-0.4, -0.2) is 9.97 Å². The Hall–Kier alpha value is -1.39. The summed E-state index contributed by atoms with van der Waals surface area (Å²) in [7, 11) is 0. The van der Waals surface area contributed by atoms with Crippen molar-refractivity contribution in [3.05, 3.63) is 46.1 Å². The molecule has 0 atom stereocenters. The number of anilines is 2. The summed E-state index contributed by atoms with van der Waals surface area (Å²) in [5.41, 5.74) is -0.0934. The highest BCUT2D eigenvalue weighted by molar-refractivity contribution is 6.33. The van der Waals surface area contributed by atoms with Gasteiger partial charge in [0.15, 0.2) is 0 Å². The molecule has 2 aromatic rings. The summed E-state index contributed by atoms with van der Waals surface area (Å²) in [6.07, 6.45) is 0. The molecule has 2 rings (SSSR count). The lowest BCUT2D eigenvalue weighted by atomic mass is 9.96. The van der Waals surface area contributed by atoms with Gasteiger partial charge in [0.05, 0.1) is 10.7 Å². The van der Waals surface area contributed by atoms with Crippen LogP contribution in [0.25, 0.3) is 0 Å². The van der Waals surface area contributed by atoms with Gasteiger partial charge < -0.3 is 5.32 Å². The molecule has 1 N–H and O–H groups in total. The van der Waals surface area contributed by atoms with E-state index in [0.717, 1.165) is 0 Å². The topological polar surface area (TPSA) is 37.8 Å². The number of para-hydroxylation sites is 1. The molecule has 0 saturated carbocycles. The van der Waals surface area contributed by atoms with E-state index in [0.29, 0.717) is 16.8 Å². The number of benzene rings is 1. The predicted octanol–water partition coefficient (Wildman–Crippen LogP) is 4.96. The molecular formula is C14H14Cl2FN3. The summed E-state index contributed by atoms with van der Waals surface area (Å²) in [5.74, 6) is 0.520. The van der Waals surface area contributed by atoms with Crippen LogP contribution in [-0.2, 0) is 5.41 Å². The number of nitrogens with zero attached hydrogens (tertiary/aromatic N) is 2. The van der Waals surface area contributed by atoms with Crippen LogP contribution >= 0.6 is 23.2 Å². The predicted molar refractivity (Wildman–Crippen MR) is 80.4 cm³/mol. The van der Waals surface area contributed by atoms with Crippen molar-refractivity contribution in [1.82, 2.24) is 9.97 Å². The molecule has 1 aromatic carbocycles. The molecule has 0 fully saturated rings. The van der Waals surface area contributed by atoms with Gasteiger partial charge in [-0.2, -0.15) is 0 Å². The lowest BCUT2D eigenvalue weighted by Gasteiger charge is -2.18. The Balaban J connectivity index is 2.42. The lowest BCUT2D eigenvalue weighted by molar-refractivity contribution is 0.546. The first-order valence-electron chi connectivity index (χ1n) is 6.03. The molecule has 1 heterocycles. The molecular weight excluding hydrogens is 300 g/mol. The molecule has 0 radical (unpaired) electrons. The molecule has 0 bridgehead atoms. The van der Waals surface area contributed by atoms with Crippen molar-refractivity contribution in [3.63, 3.8) is 0 Å². The normalized spacial score (nSPS) is 11.5. The zero-order chi connectivity index (χ0) is 14.9. The minimum atomic E-state index is -0.454. The fourth-order valence-corrected chi connectivity index (χ4v) is 1.96. The first-order chi connectivity index (χ1) is 9.27. The standard InChI is InChI=1S/C14H14Cl2FN3/c1-14(2,3)13-18-10(16)7-11(20-13)19-12-8(15)5-4-6-9(12)17/h4-7H,1-3H3,(H,18,19,20). The van der Waals surface area contributed by atoms with Crippen molar-refractivity contribution in [2.24, 2.45) is 0 Å². The first kappa shape index (κ1) is 15.0. The Kier molecular flexibility index (Phi) is 4.16. The minimum absolute atomic E-state index is 0.170. The van der Waals surface area contributed by atoms with Gasteiger partial charge in [-0.05, 0) is 12.1 Å². The van der Waals surface area contributed by atoms with E-state index in [-0.39, 0.29) is 16.1 Å². The molecule has 6 heteroatoms. The summed E-state index contributed by atoms with van der Waals surface area (Å²) >= 11 is 12.0. The maximum atomic E-state index is 13.7. The highest BCUT2D eigenvalue weighted by atomic mass is 35.5. The summed E-state index contributed by atoms with van der Waals surface area (Å²) in [4.78, 5) is 8.53. The molecule has 106 valence electrons. The third-order valence-electron chi connectivity index (χ3n) is 2.58. The molecule has 0 saturated heterocycles. The Morgan fingerprint density at radius 1 is 1.15 bits per heavy atom. The highest BCUT2D eigenvalue weighted by Gasteiger charge is 2.19. The Bertz CT molecular complexity index is 619. The second kappa shape index (κ2) is 5.54. The molecule has 0 aliphatic rings. The van der Waals surface area contributed by atoms with E-state index in [1.807, 2.05) is 20.8 Å². The van der Waals surface area contributed by atoms with Gasteiger partial charge in [-0.15, -0.1) is 0 Å². The number of hydrogen-bond acceptors (Lipinski definition) is 3. The monoisotopic (exact) mass is 313 g/mol. The second-order valence-corrected chi connectivity index (χ2v) is 6.17. The van der Waals surface area contributed by atoms with Crippen LogP contribution in [0.2, 0.25) is 10.2 Å². The van der Waals surface area contributed by atoms with E-state index in [2.05, 4.69) is 15.3 Å². The van der Waals surface area contributed by atoms with Crippen molar-refractivity contribution < 1.29 is 4.39 Å². The van der Waals surface area contributed by atoms with Crippen LogP contribution in [0.4, 0.5) is 15.9 Å². The molecule has 0 unspecified atom stereocenters. The number of halogens is 3. The zero-order valence-corrected chi connectivity index (χ0v) is 12.8. The van der Waals surface area contributed by atoms with Crippen molar-refractivity contribution in [1.29, 1.82) is 0 Å². The summed E-state index contributed by atoms with van der Waals surface area (Å²) < 4.78 is 13.7. The molecule has 0 amide bonds. The number of rotatable bonds is 2. The quantitative estimate of drug-likeness (QED) is 0.796. The number of hydrogen-bond donors (Lipinski definition) is 1. The average molecular weight is 314 g/mol. The van der Waals surface area contributed by atoms with E-state index in [1.54, 1.807) is 6.07 Å². The molecule has 3 nitrogen and oxygen atoms in total. The smallest absolute Gasteiger partial charge is 0.148 e. The molecule has 0 spiro atoms. The van der Waals surface area contributed by atoms with Crippen molar-refractivity contribution >= 4 is 34.7 Å². The van der Waals surface area contributed by atoms with E-state index in [4.69, 9.17) is 23.2 Å². The molecule has 0 aliphatic carbocycles. The molecule has 1 aromatic heterocycles. The fourth-order valence-electron chi connectivity index (χ4n) is 1.56. The third kappa shape index (κ3) is 3.38. The Labute approximate surface area is 127 Å². The van der Waals surface area contributed by atoms with E-state index in [1.165, 1.54) is 18.2 Å². The van der Waals surface area contributed by atoms with Gasteiger partial charge in [0.25, 0.3) is 0 Å². The highest BCUT2D eigenvalue weighted by Crippen LogP contribution is 2.29. The Morgan fingerprint density at radius 3 is 2.45 bits per heavy atom. The van der Waals surface area contributed by atoms with Gasteiger partial charge in [0.1, 0.15) is 22.6 Å². The van der Waals surface area contributed by atoms with Gasteiger partial charge in [-0.25, -0.2) is 14.4 Å². The molecule has 20 heavy (non-hydrogen) atoms. The fraction of sp³-hybridized carbons (Fsp3) is 0.286. The van der Waals surface area contributed by atoms with Crippen molar-refractivity contribution in [2.75, 3.05) is 5.32 Å². The molecule has 0 aliphatic heterocycles. The third-order valence-corrected chi connectivity index (χ3v) is 3.09. The zero-order valence-electron chi connectivity index (χ0n) is 11.3. The summed E-state index contributed by atoms with van der Waals surface area (Å²) in [5, 5.41) is 3.42. The maximum absolute atomic E-state index is 13.7. The maximum Gasteiger partial charge on any atom is 0.148 e. The number of nitrogens with one attached hydrogen (secondary N) is 1. The second-order valence-electron chi connectivity index (χ2n) is 5.37. The Morgan fingerprint density at radius 2 is 1.85 bits per heavy atom. The number of aromatic nitrogens is 2. The van der Waals surface area contributed by atoms with Crippen LogP contribution in [0.5, 0.6) is 0 Å². The van der Waals surface area contributed by atoms with Crippen LogP contribution in [0.1, 0.15) is 26.6 Å². The van der Waals surface area contributed by atoms with Crippen molar-refractivity contribution in [3.8, 4) is 0 Å². The van der Waals surface area contributed by atoms with E-state index < -0.39 is 5.82 Å². The van der Waals surface area contributed by atoms with Crippen molar-refractivity contribution in [2.45, 2.75) is 26.2 Å². The van der Waals surface area contributed by atoms with Gasteiger partial charge in [0.2, 0.25) is 0 Å². The van der Waals surface area contributed by atoms with Crippen LogP contribution in [0.15, 0.2) is 24.3 Å². The van der Waals surface area contributed by atoms with E-state index in [9.17, 15) is 4.39 Å². The van der Waals surface area contributed by atoms with E-state index >= 15 is 0 Å². The summed E-state index contributed by atoms with van der Waals surface area (Å²) in [6, 6.07) is 5.98. The largest absolute Gasteiger partial charge is 0.336 e. The first-order valence-corrected chi connectivity index (χ1v) is 6.79. The summed E-state index contributed by atoms with van der Waals surface area (Å²) in [6.45, 7) is 5.91. The van der Waals surface area contributed by atoms with Gasteiger partial charge in [-0.3, -0.25) is 0 Å². The van der Waals surface area contributed by atoms with Gasteiger partial charge in [0, 0.05) is 11.5 Å². The lowest BCUT2D eigenvalue weighted by Crippen LogP contribution is -2.17. The minimum Gasteiger partial charge on any atom is -0.336 e. The van der Waals surface area contributed by atoms with Gasteiger partial charge >= 0.3 is 0 Å². The van der Waals surface area contributed by atoms with Crippen LogP contribution in [0, 0.1) is 5.82 Å². The van der Waals surface area contributed by atoms with Gasteiger partial charge in [-0.1, -0.05) is 50.0 Å². The van der Waals surface area contributed by atoms with Crippen LogP contribution in [0.3, 0.4) is 0 Å². The van der Waals surface area contributed by atoms with Crippen LogP contribution < -0.4 is 5.32 Å².